The first kappa shape index (κ1) is 13.4. The van der Waals surface area contributed by atoms with E-state index in [4.69, 9.17) is 0 Å². The number of phenolic OH excluding ortho intramolecular Hbond substituents is 1. The van der Waals surface area contributed by atoms with Gasteiger partial charge in [-0.05, 0) is 103 Å². The van der Waals surface area contributed by atoms with E-state index in [2.05, 4.69) is 27.3 Å². The molecule has 2 aliphatic rings. The number of benzene rings is 1. The minimum Gasteiger partial charge on any atom is -0.506 e. The third-order valence-electron chi connectivity index (χ3n) is 4.58. The number of halogens is 1. The number of phenols is 1. The van der Waals surface area contributed by atoms with E-state index in [1.165, 1.54) is 48.8 Å². The highest BCUT2D eigenvalue weighted by Crippen LogP contribution is 2.38. The summed E-state index contributed by atoms with van der Waals surface area (Å²) in [6.45, 7) is 2.25. The molecule has 0 amide bonds. The summed E-state index contributed by atoms with van der Waals surface area (Å²) in [6.07, 6.45) is 8.45. The summed E-state index contributed by atoms with van der Waals surface area (Å²) in [7, 11) is 0. The zero-order valence-corrected chi connectivity index (χ0v) is 12.9. The van der Waals surface area contributed by atoms with Crippen LogP contribution >= 0.6 is 15.9 Å². The molecule has 1 aromatic carbocycles. The van der Waals surface area contributed by atoms with Crippen LogP contribution in [0, 0.1) is 5.92 Å². The number of piperidine rings is 1. The minimum atomic E-state index is 0.492. The Morgan fingerprint density at radius 3 is 2.89 bits per heavy atom. The van der Waals surface area contributed by atoms with E-state index in [1.54, 1.807) is 0 Å². The van der Waals surface area contributed by atoms with Gasteiger partial charge in [-0.15, -0.1) is 0 Å². The van der Waals surface area contributed by atoms with Gasteiger partial charge in [0.1, 0.15) is 5.75 Å². The molecule has 3 rings (SSSR count). The minimum absolute atomic E-state index is 0.492. The lowest BCUT2D eigenvalue weighted by Gasteiger charge is -2.27. The molecule has 104 valence electrons. The predicted molar refractivity (Wildman–Crippen MR) is 81.7 cm³/mol. The van der Waals surface area contributed by atoms with Gasteiger partial charge in [0.25, 0.3) is 0 Å². The quantitative estimate of drug-likeness (QED) is 0.872. The van der Waals surface area contributed by atoms with Crippen molar-refractivity contribution in [1.82, 2.24) is 5.32 Å². The Morgan fingerprint density at radius 1 is 1.26 bits per heavy atom. The number of rotatable bonds is 2. The lowest BCUT2D eigenvalue weighted by atomic mass is 9.83. The molecule has 2 nitrogen and oxygen atoms in total. The Hall–Kier alpha value is -0.540. The van der Waals surface area contributed by atoms with Crippen LogP contribution < -0.4 is 5.32 Å². The Bertz CT molecular complexity index is 466. The van der Waals surface area contributed by atoms with E-state index in [9.17, 15) is 5.11 Å². The highest BCUT2D eigenvalue weighted by molar-refractivity contribution is 9.10. The van der Waals surface area contributed by atoms with Gasteiger partial charge in [0.05, 0.1) is 4.47 Å². The topological polar surface area (TPSA) is 32.3 Å². The van der Waals surface area contributed by atoms with Crippen LogP contribution in [0.25, 0.3) is 0 Å². The SMILES string of the molecule is Oc1c(Br)cc2c(c1CC1CCCNC1)CCCC2. The fourth-order valence-corrected chi connectivity index (χ4v) is 4.06. The summed E-state index contributed by atoms with van der Waals surface area (Å²) in [6, 6.07) is 2.13. The molecule has 1 aliphatic heterocycles. The number of hydrogen-bond acceptors (Lipinski definition) is 2. The van der Waals surface area contributed by atoms with E-state index in [0.29, 0.717) is 11.7 Å². The van der Waals surface area contributed by atoms with Crippen LogP contribution in [0.4, 0.5) is 0 Å². The first-order valence-electron chi connectivity index (χ1n) is 7.48. The Balaban J connectivity index is 1.91. The molecule has 1 heterocycles. The Kier molecular flexibility index (Phi) is 4.13. The van der Waals surface area contributed by atoms with Crippen molar-refractivity contribution in [2.45, 2.75) is 44.9 Å². The lowest BCUT2D eigenvalue weighted by molar-refractivity contribution is 0.368. The summed E-state index contributed by atoms with van der Waals surface area (Å²) >= 11 is 3.52. The van der Waals surface area contributed by atoms with E-state index in [-0.39, 0.29) is 0 Å². The van der Waals surface area contributed by atoms with Gasteiger partial charge in [-0.1, -0.05) is 0 Å². The van der Waals surface area contributed by atoms with Crippen LogP contribution in [0.15, 0.2) is 10.5 Å². The zero-order valence-electron chi connectivity index (χ0n) is 11.3. The van der Waals surface area contributed by atoms with Gasteiger partial charge in [0, 0.05) is 0 Å². The molecule has 0 bridgehead atoms. The summed E-state index contributed by atoms with van der Waals surface area (Å²) in [5.41, 5.74) is 4.12. The Morgan fingerprint density at radius 2 is 2.11 bits per heavy atom. The van der Waals surface area contributed by atoms with Crippen LogP contribution in [-0.2, 0) is 19.3 Å². The van der Waals surface area contributed by atoms with Crippen molar-refractivity contribution in [1.29, 1.82) is 0 Å². The van der Waals surface area contributed by atoms with Crippen molar-refractivity contribution in [2.75, 3.05) is 13.1 Å². The maximum atomic E-state index is 10.4. The van der Waals surface area contributed by atoms with E-state index >= 15 is 0 Å². The molecule has 1 saturated heterocycles. The molecule has 1 unspecified atom stereocenters. The fraction of sp³-hybridized carbons (Fsp3) is 0.625. The number of hydrogen-bond donors (Lipinski definition) is 2. The molecule has 1 atom stereocenters. The van der Waals surface area contributed by atoms with Crippen molar-refractivity contribution < 1.29 is 5.11 Å². The molecular formula is C16H22BrNO. The van der Waals surface area contributed by atoms with Gasteiger partial charge in [0.2, 0.25) is 0 Å². The molecule has 1 aromatic rings. The van der Waals surface area contributed by atoms with Crippen molar-refractivity contribution in [3.8, 4) is 5.75 Å². The smallest absolute Gasteiger partial charge is 0.133 e. The van der Waals surface area contributed by atoms with Gasteiger partial charge < -0.3 is 10.4 Å². The van der Waals surface area contributed by atoms with Crippen molar-refractivity contribution in [3.05, 3.63) is 27.2 Å². The normalized spacial score (nSPS) is 23.1. The van der Waals surface area contributed by atoms with Gasteiger partial charge in [-0.3, -0.25) is 0 Å². The molecule has 0 aromatic heterocycles. The van der Waals surface area contributed by atoms with Gasteiger partial charge in [-0.25, -0.2) is 0 Å². The van der Waals surface area contributed by atoms with Crippen molar-refractivity contribution in [3.63, 3.8) is 0 Å². The van der Waals surface area contributed by atoms with E-state index < -0.39 is 0 Å². The van der Waals surface area contributed by atoms with Crippen LogP contribution in [0.1, 0.15) is 42.4 Å². The van der Waals surface area contributed by atoms with E-state index in [0.717, 1.165) is 30.4 Å². The largest absolute Gasteiger partial charge is 0.506 e. The molecule has 0 radical (unpaired) electrons. The molecule has 0 spiro atoms. The third-order valence-corrected chi connectivity index (χ3v) is 5.18. The highest BCUT2D eigenvalue weighted by Gasteiger charge is 2.22. The monoisotopic (exact) mass is 323 g/mol. The number of fused-ring (bicyclic) bond motifs is 1. The second kappa shape index (κ2) is 5.84. The van der Waals surface area contributed by atoms with Crippen molar-refractivity contribution in [2.24, 2.45) is 5.92 Å². The number of aromatic hydroxyl groups is 1. The average molecular weight is 324 g/mol. The second-order valence-corrected chi connectivity index (χ2v) is 6.80. The lowest BCUT2D eigenvalue weighted by Crippen LogP contribution is -2.31. The van der Waals surface area contributed by atoms with E-state index in [1.807, 2.05) is 0 Å². The molecular weight excluding hydrogens is 302 g/mol. The van der Waals surface area contributed by atoms with Gasteiger partial charge in [0.15, 0.2) is 0 Å². The van der Waals surface area contributed by atoms with Gasteiger partial charge >= 0.3 is 0 Å². The molecule has 1 aliphatic carbocycles. The predicted octanol–water partition coefficient (Wildman–Crippen LogP) is 3.58. The maximum Gasteiger partial charge on any atom is 0.133 e. The van der Waals surface area contributed by atoms with Crippen LogP contribution in [0.3, 0.4) is 0 Å². The first-order valence-corrected chi connectivity index (χ1v) is 8.28. The molecule has 19 heavy (non-hydrogen) atoms. The zero-order chi connectivity index (χ0) is 13.2. The van der Waals surface area contributed by atoms with Crippen molar-refractivity contribution >= 4 is 15.9 Å². The number of aryl methyl sites for hydroxylation is 1. The highest BCUT2D eigenvalue weighted by atomic mass is 79.9. The van der Waals surface area contributed by atoms with Crippen LogP contribution in [0.2, 0.25) is 0 Å². The average Bonchev–Trinajstić information content (AvgIpc) is 2.45. The number of nitrogens with one attached hydrogen (secondary N) is 1. The summed E-state index contributed by atoms with van der Waals surface area (Å²) in [5.74, 6) is 1.17. The summed E-state index contributed by atoms with van der Waals surface area (Å²) in [5, 5.41) is 13.9. The molecule has 2 N–H and O–H groups in total. The first-order chi connectivity index (χ1) is 9.25. The van der Waals surface area contributed by atoms with Crippen LogP contribution in [0.5, 0.6) is 5.75 Å². The summed E-state index contributed by atoms with van der Waals surface area (Å²) in [4.78, 5) is 0. The molecule has 1 fully saturated rings. The maximum absolute atomic E-state index is 10.4. The molecule has 0 saturated carbocycles. The Labute approximate surface area is 123 Å². The second-order valence-electron chi connectivity index (χ2n) is 5.95. The van der Waals surface area contributed by atoms with Gasteiger partial charge in [-0.2, -0.15) is 0 Å². The standard InChI is InChI=1S/C16H22BrNO/c17-15-9-12-5-1-2-6-13(12)14(16(15)19)8-11-4-3-7-18-10-11/h9,11,18-19H,1-8,10H2. The fourth-order valence-electron chi connectivity index (χ4n) is 3.55. The summed E-state index contributed by atoms with van der Waals surface area (Å²) < 4.78 is 0.881. The van der Waals surface area contributed by atoms with Crippen LogP contribution in [-0.4, -0.2) is 18.2 Å². The molecule has 3 heteroatoms. The third kappa shape index (κ3) is 2.82.